The third-order valence-electron chi connectivity index (χ3n) is 4.17. The van der Waals surface area contributed by atoms with Crippen molar-refractivity contribution in [2.24, 2.45) is 0 Å². The lowest BCUT2D eigenvalue weighted by molar-refractivity contribution is -0.117. The van der Waals surface area contributed by atoms with Crippen LogP contribution in [0.4, 0.5) is 16.2 Å². The number of hydrogen-bond donors (Lipinski definition) is 1. The Morgan fingerprint density at radius 3 is 2.92 bits per heavy atom. The number of rotatable bonds is 4. The monoisotopic (exact) mass is 344 g/mol. The van der Waals surface area contributed by atoms with E-state index < -0.39 is 0 Å². The van der Waals surface area contributed by atoms with Crippen LogP contribution in [0.5, 0.6) is 0 Å². The van der Waals surface area contributed by atoms with E-state index in [1.807, 2.05) is 41.9 Å². The van der Waals surface area contributed by atoms with Gasteiger partial charge in [0.2, 0.25) is 5.91 Å². The van der Waals surface area contributed by atoms with Crippen molar-refractivity contribution in [3.8, 4) is 0 Å². The highest BCUT2D eigenvalue weighted by molar-refractivity contribution is 7.08. The molecule has 0 aliphatic carbocycles. The summed E-state index contributed by atoms with van der Waals surface area (Å²) in [5.41, 5.74) is 3.68. The van der Waals surface area contributed by atoms with Gasteiger partial charge in [-0.1, -0.05) is 0 Å². The second kappa shape index (κ2) is 7.05. The van der Waals surface area contributed by atoms with Crippen LogP contribution in [0.1, 0.15) is 30.9 Å². The molecule has 0 bridgehead atoms. The number of nitrogens with one attached hydrogen (secondary N) is 1. The summed E-state index contributed by atoms with van der Waals surface area (Å²) in [5.74, 6) is -0.228. The normalized spacial score (nSPS) is 14.2. The maximum Gasteiger partial charge on any atom is 0.414 e. The van der Waals surface area contributed by atoms with Crippen LogP contribution in [0.2, 0.25) is 0 Å². The highest BCUT2D eigenvalue weighted by Crippen LogP contribution is 2.31. The van der Waals surface area contributed by atoms with Gasteiger partial charge in [-0.05, 0) is 66.4 Å². The average molecular weight is 344 g/mol. The molecule has 1 aromatic heterocycles. The largest absolute Gasteiger partial charge is 0.449 e. The molecule has 0 fully saturated rings. The molecule has 2 amide bonds. The third kappa shape index (κ3) is 3.28. The molecule has 2 heterocycles. The zero-order valence-electron chi connectivity index (χ0n) is 13.7. The van der Waals surface area contributed by atoms with Crippen molar-refractivity contribution >= 4 is 34.7 Å². The number of benzene rings is 1. The van der Waals surface area contributed by atoms with Crippen molar-refractivity contribution < 1.29 is 14.3 Å². The molecule has 126 valence electrons. The van der Waals surface area contributed by atoms with Crippen LogP contribution in [-0.4, -0.2) is 25.2 Å². The van der Waals surface area contributed by atoms with Gasteiger partial charge in [0.1, 0.15) is 0 Å². The fraction of sp³-hybridized carbons (Fsp3) is 0.333. The van der Waals surface area contributed by atoms with Crippen molar-refractivity contribution in [2.45, 2.75) is 26.2 Å². The van der Waals surface area contributed by atoms with E-state index in [-0.39, 0.29) is 17.9 Å². The number of carbonyl (C=O) groups is 2. The lowest BCUT2D eigenvalue weighted by Gasteiger charge is -2.17. The Labute approximate surface area is 145 Å². The van der Waals surface area contributed by atoms with E-state index >= 15 is 0 Å². The van der Waals surface area contributed by atoms with Crippen molar-refractivity contribution in [1.29, 1.82) is 0 Å². The summed E-state index contributed by atoms with van der Waals surface area (Å²) in [6.45, 7) is 4.66. The summed E-state index contributed by atoms with van der Waals surface area (Å²) in [5, 5.41) is 6.92. The maximum atomic E-state index is 12.4. The van der Waals surface area contributed by atoms with Gasteiger partial charge in [0, 0.05) is 12.2 Å². The molecule has 0 radical (unpaired) electrons. The number of fused-ring (bicyclic) bond motifs is 1. The summed E-state index contributed by atoms with van der Waals surface area (Å²) >= 11 is 1.59. The molecule has 2 aromatic rings. The minimum absolute atomic E-state index is 0.0337. The lowest BCUT2D eigenvalue weighted by atomic mass is 10.0. The third-order valence-corrected chi connectivity index (χ3v) is 4.87. The SMILES string of the molecule is CCOC(=O)N1CCc2cc(NC(=O)[C@@H](C)c3ccsc3)ccc21. The van der Waals surface area contributed by atoms with Gasteiger partial charge in [0.05, 0.1) is 18.2 Å². The molecule has 0 saturated heterocycles. The molecule has 1 N–H and O–H groups in total. The van der Waals surface area contributed by atoms with Gasteiger partial charge in [-0.15, -0.1) is 0 Å². The van der Waals surface area contributed by atoms with Gasteiger partial charge >= 0.3 is 6.09 Å². The van der Waals surface area contributed by atoms with Crippen LogP contribution in [0.25, 0.3) is 0 Å². The smallest absolute Gasteiger partial charge is 0.414 e. The molecule has 3 rings (SSSR count). The Balaban J connectivity index is 1.71. The maximum absolute atomic E-state index is 12.4. The Morgan fingerprint density at radius 1 is 1.38 bits per heavy atom. The van der Waals surface area contributed by atoms with Gasteiger partial charge in [-0.2, -0.15) is 11.3 Å². The first kappa shape index (κ1) is 16.5. The number of thiophene rings is 1. The minimum atomic E-state index is -0.320. The Hall–Kier alpha value is -2.34. The molecule has 5 nitrogen and oxygen atoms in total. The fourth-order valence-electron chi connectivity index (χ4n) is 2.79. The van der Waals surface area contributed by atoms with E-state index in [4.69, 9.17) is 4.74 Å². The van der Waals surface area contributed by atoms with Crippen LogP contribution in [0.3, 0.4) is 0 Å². The van der Waals surface area contributed by atoms with Crippen molar-refractivity contribution in [1.82, 2.24) is 0 Å². The Bertz CT molecular complexity index is 743. The van der Waals surface area contributed by atoms with Gasteiger partial charge in [0.15, 0.2) is 0 Å². The zero-order valence-corrected chi connectivity index (χ0v) is 14.6. The zero-order chi connectivity index (χ0) is 17.1. The van der Waals surface area contributed by atoms with Crippen molar-refractivity contribution in [3.05, 3.63) is 46.2 Å². The second-order valence-electron chi connectivity index (χ2n) is 5.71. The topological polar surface area (TPSA) is 58.6 Å². The van der Waals surface area contributed by atoms with E-state index in [2.05, 4.69) is 5.32 Å². The minimum Gasteiger partial charge on any atom is -0.449 e. The Kier molecular flexibility index (Phi) is 4.85. The average Bonchev–Trinajstić information content (AvgIpc) is 3.23. The first-order valence-corrected chi connectivity index (χ1v) is 8.94. The van der Waals surface area contributed by atoms with Crippen LogP contribution in [0, 0.1) is 0 Å². The first-order valence-electron chi connectivity index (χ1n) is 8.00. The van der Waals surface area contributed by atoms with Crippen LogP contribution < -0.4 is 10.2 Å². The molecule has 1 atom stereocenters. The van der Waals surface area contributed by atoms with Crippen LogP contribution >= 0.6 is 11.3 Å². The second-order valence-corrected chi connectivity index (χ2v) is 6.49. The molecular formula is C18H20N2O3S. The Morgan fingerprint density at radius 2 is 2.21 bits per heavy atom. The number of carbonyl (C=O) groups excluding carboxylic acids is 2. The van der Waals surface area contributed by atoms with Crippen molar-refractivity contribution in [3.63, 3.8) is 0 Å². The molecule has 1 aliphatic rings. The number of anilines is 2. The summed E-state index contributed by atoms with van der Waals surface area (Å²) in [6.07, 6.45) is 0.442. The van der Waals surface area contributed by atoms with Crippen molar-refractivity contribution in [2.75, 3.05) is 23.4 Å². The predicted octanol–water partition coefficient (Wildman–Crippen LogP) is 4.01. The number of amides is 2. The quantitative estimate of drug-likeness (QED) is 0.912. The van der Waals surface area contributed by atoms with E-state index in [0.29, 0.717) is 13.2 Å². The van der Waals surface area contributed by atoms with Gasteiger partial charge in [-0.3, -0.25) is 9.69 Å². The number of nitrogens with zero attached hydrogens (tertiary/aromatic N) is 1. The first-order chi connectivity index (χ1) is 11.6. The molecule has 1 aliphatic heterocycles. The summed E-state index contributed by atoms with van der Waals surface area (Å²) in [4.78, 5) is 25.9. The molecule has 0 spiro atoms. The lowest BCUT2D eigenvalue weighted by Crippen LogP contribution is -2.29. The van der Waals surface area contributed by atoms with E-state index in [0.717, 1.165) is 28.9 Å². The van der Waals surface area contributed by atoms with Crippen LogP contribution in [-0.2, 0) is 16.0 Å². The highest BCUT2D eigenvalue weighted by Gasteiger charge is 2.26. The summed E-state index contributed by atoms with van der Waals surface area (Å²) < 4.78 is 5.07. The highest BCUT2D eigenvalue weighted by atomic mass is 32.1. The fourth-order valence-corrected chi connectivity index (χ4v) is 3.55. The summed E-state index contributed by atoms with van der Waals surface area (Å²) in [6, 6.07) is 7.60. The predicted molar refractivity (Wildman–Crippen MR) is 95.9 cm³/mol. The van der Waals surface area contributed by atoms with Crippen LogP contribution in [0.15, 0.2) is 35.0 Å². The number of ether oxygens (including phenoxy) is 1. The standard InChI is InChI=1S/C18H20N2O3S/c1-3-23-18(22)20-8-6-13-10-15(4-5-16(13)20)19-17(21)12(2)14-7-9-24-11-14/h4-5,7,9-12H,3,6,8H2,1-2H3,(H,19,21)/t12-/m0/s1. The van der Waals surface area contributed by atoms with Gasteiger partial charge in [0.25, 0.3) is 0 Å². The van der Waals surface area contributed by atoms with E-state index in [1.165, 1.54) is 0 Å². The van der Waals surface area contributed by atoms with Gasteiger partial charge in [-0.25, -0.2) is 4.79 Å². The molecule has 6 heteroatoms. The van der Waals surface area contributed by atoms with Gasteiger partial charge < -0.3 is 10.1 Å². The van der Waals surface area contributed by atoms with E-state index in [9.17, 15) is 9.59 Å². The summed E-state index contributed by atoms with van der Waals surface area (Å²) in [7, 11) is 0. The molecule has 1 aromatic carbocycles. The number of hydrogen-bond acceptors (Lipinski definition) is 4. The molecule has 0 saturated carbocycles. The molecule has 0 unspecified atom stereocenters. The molecular weight excluding hydrogens is 324 g/mol. The molecule has 24 heavy (non-hydrogen) atoms. The van der Waals surface area contributed by atoms with E-state index in [1.54, 1.807) is 23.2 Å².